The molecule has 3 aromatic heterocycles. The maximum absolute atomic E-state index is 11.8. The molecule has 0 fully saturated rings. The molecule has 0 aliphatic carbocycles. The lowest BCUT2D eigenvalue weighted by Gasteiger charge is -2.05. The first-order chi connectivity index (χ1) is 10.2. The van der Waals surface area contributed by atoms with E-state index in [4.69, 9.17) is 4.42 Å². The average molecular weight is 282 g/mol. The first-order valence-corrected chi connectivity index (χ1v) is 6.48. The van der Waals surface area contributed by atoms with E-state index in [0.717, 1.165) is 17.0 Å². The largest absolute Gasteiger partial charge is 0.472 e. The zero-order valence-corrected chi connectivity index (χ0v) is 11.5. The molecule has 0 aromatic carbocycles. The van der Waals surface area contributed by atoms with E-state index in [1.54, 1.807) is 23.1 Å². The number of nitrogens with one attached hydrogen (secondary N) is 1. The van der Waals surface area contributed by atoms with E-state index in [1.807, 2.05) is 25.2 Å². The van der Waals surface area contributed by atoms with Crippen LogP contribution in [0.15, 0.2) is 53.6 Å². The second-order valence-electron chi connectivity index (χ2n) is 4.59. The molecule has 6 heteroatoms. The lowest BCUT2D eigenvalue weighted by Crippen LogP contribution is -2.22. The van der Waals surface area contributed by atoms with Crippen LogP contribution >= 0.6 is 0 Å². The van der Waals surface area contributed by atoms with Gasteiger partial charge >= 0.3 is 0 Å². The van der Waals surface area contributed by atoms with Gasteiger partial charge in [-0.05, 0) is 23.8 Å². The van der Waals surface area contributed by atoms with Crippen LogP contribution in [0.4, 0.5) is 0 Å². The smallest absolute Gasteiger partial charge is 0.254 e. The molecular weight excluding hydrogens is 268 g/mol. The summed E-state index contributed by atoms with van der Waals surface area (Å²) in [7, 11) is 1.87. The minimum absolute atomic E-state index is 0.167. The summed E-state index contributed by atoms with van der Waals surface area (Å²) in [4.78, 5) is 16.2. The molecule has 0 bridgehead atoms. The molecule has 0 unspecified atom stereocenters. The highest BCUT2D eigenvalue weighted by atomic mass is 16.3. The van der Waals surface area contributed by atoms with E-state index in [9.17, 15) is 4.79 Å². The number of hydrogen-bond donors (Lipinski definition) is 1. The number of nitrogens with zero attached hydrogens (tertiary/aromatic N) is 3. The quantitative estimate of drug-likeness (QED) is 0.794. The molecule has 1 amide bonds. The molecule has 0 aliphatic rings. The Bertz CT molecular complexity index is 729. The van der Waals surface area contributed by atoms with Crippen LogP contribution in [0, 0.1) is 0 Å². The summed E-state index contributed by atoms with van der Waals surface area (Å²) >= 11 is 0. The van der Waals surface area contributed by atoms with Gasteiger partial charge in [0.1, 0.15) is 6.26 Å². The highest BCUT2D eigenvalue weighted by molar-refractivity contribution is 5.93. The molecular formula is C15H14N4O2. The van der Waals surface area contributed by atoms with Crippen LogP contribution in [-0.2, 0) is 13.6 Å². The van der Waals surface area contributed by atoms with Crippen molar-refractivity contribution in [1.82, 2.24) is 20.1 Å². The van der Waals surface area contributed by atoms with E-state index in [2.05, 4.69) is 15.4 Å². The molecule has 21 heavy (non-hydrogen) atoms. The van der Waals surface area contributed by atoms with Crippen molar-refractivity contribution in [3.05, 3.63) is 60.3 Å². The number of rotatable bonds is 4. The Labute approximate surface area is 121 Å². The second-order valence-corrected chi connectivity index (χ2v) is 4.59. The fourth-order valence-corrected chi connectivity index (χ4v) is 1.98. The molecule has 0 saturated carbocycles. The molecule has 0 spiro atoms. The molecule has 0 atom stereocenters. The molecule has 6 nitrogen and oxygen atoms in total. The molecule has 0 radical (unpaired) electrons. The fourth-order valence-electron chi connectivity index (χ4n) is 1.98. The average Bonchev–Trinajstić information content (AvgIpc) is 3.17. The Morgan fingerprint density at radius 3 is 2.86 bits per heavy atom. The summed E-state index contributed by atoms with van der Waals surface area (Å²) in [5, 5.41) is 6.92. The van der Waals surface area contributed by atoms with Crippen LogP contribution in [-0.4, -0.2) is 20.7 Å². The number of aryl methyl sites for hydroxylation is 1. The Morgan fingerprint density at radius 2 is 2.24 bits per heavy atom. The minimum atomic E-state index is -0.167. The number of carbonyl (C=O) groups excluding carboxylic acids is 1. The Kier molecular flexibility index (Phi) is 3.51. The van der Waals surface area contributed by atoms with Gasteiger partial charge in [0, 0.05) is 26.0 Å². The topological polar surface area (TPSA) is 73.0 Å². The number of furan rings is 1. The lowest BCUT2D eigenvalue weighted by atomic mass is 10.2. The third-order valence-electron chi connectivity index (χ3n) is 3.14. The predicted molar refractivity (Wildman–Crippen MR) is 76.3 cm³/mol. The summed E-state index contributed by atoms with van der Waals surface area (Å²) < 4.78 is 6.64. The van der Waals surface area contributed by atoms with Crippen LogP contribution in [0.1, 0.15) is 15.9 Å². The van der Waals surface area contributed by atoms with Crippen LogP contribution in [0.25, 0.3) is 11.4 Å². The molecule has 3 aromatic rings. The first-order valence-electron chi connectivity index (χ1n) is 6.48. The Morgan fingerprint density at radius 1 is 1.33 bits per heavy atom. The summed E-state index contributed by atoms with van der Waals surface area (Å²) in [6.45, 7) is 0.419. The van der Waals surface area contributed by atoms with Crippen molar-refractivity contribution < 1.29 is 9.21 Å². The van der Waals surface area contributed by atoms with E-state index >= 15 is 0 Å². The number of amides is 1. The van der Waals surface area contributed by atoms with Crippen molar-refractivity contribution in [3.8, 4) is 11.4 Å². The highest BCUT2D eigenvalue weighted by Gasteiger charge is 2.07. The fraction of sp³-hybridized carbons (Fsp3) is 0.133. The van der Waals surface area contributed by atoms with Gasteiger partial charge in [-0.1, -0.05) is 6.07 Å². The second kappa shape index (κ2) is 5.62. The summed E-state index contributed by atoms with van der Waals surface area (Å²) in [6, 6.07) is 7.38. The van der Waals surface area contributed by atoms with Gasteiger partial charge < -0.3 is 9.73 Å². The Hall–Kier alpha value is -2.89. The van der Waals surface area contributed by atoms with Crippen molar-refractivity contribution in [2.24, 2.45) is 7.05 Å². The van der Waals surface area contributed by atoms with Gasteiger partial charge in [-0.3, -0.25) is 14.5 Å². The molecule has 3 rings (SSSR count). The molecule has 0 aliphatic heterocycles. The molecule has 0 saturated heterocycles. The summed E-state index contributed by atoms with van der Waals surface area (Å²) in [6.07, 6.45) is 6.37. The minimum Gasteiger partial charge on any atom is -0.472 e. The van der Waals surface area contributed by atoms with Crippen LogP contribution in [0.5, 0.6) is 0 Å². The molecule has 3 heterocycles. The van der Waals surface area contributed by atoms with Crippen molar-refractivity contribution in [3.63, 3.8) is 0 Å². The first kappa shape index (κ1) is 13.1. The van der Waals surface area contributed by atoms with Gasteiger partial charge in [-0.15, -0.1) is 0 Å². The van der Waals surface area contributed by atoms with E-state index < -0.39 is 0 Å². The van der Waals surface area contributed by atoms with Crippen LogP contribution < -0.4 is 5.32 Å². The van der Waals surface area contributed by atoms with Crippen molar-refractivity contribution in [1.29, 1.82) is 0 Å². The maximum Gasteiger partial charge on any atom is 0.254 e. The van der Waals surface area contributed by atoms with E-state index in [0.29, 0.717) is 12.1 Å². The van der Waals surface area contributed by atoms with Crippen LogP contribution in [0.2, 0.25) is 0 Å². The van der Waals surface area contributed by atoms with Crippen molar-refractivity contribution in [2.75, 3.05) is 0 Å². The number of pyridine rings is 1. The van der Waals surface area contributed by atoms with Gasteiger partial charge in [0.05, 0.1) is 23.2 Å². The number of hydrogen-bond acceptors (Lipinski definition) is 4. The molecule has 106 valence electrons. The summed E-state index contributed by atoms with van der Waals surface area (Å²) in [5.74, 6) is -0.167. The predicted octanol–water partition coefficient (Wildman–Crippen LogP) is 2.01. The van der Waals surface area contributed by atoms with Gasteiger partial charge in [-0.25, -0.2) is 0 Å². The lowest BCUT2D eigenvalue weighted by molar-refractivity contribution is 0.0950. The third-order valence-corrected chi connectivity index (χ3v) is 3.14. The molecule has 1 N–H and O–H groups in total. The van der Waals surface area contributed by atoms with Gasteiger partial charge in [0.2, 0.25) is 0 Å². The van der Waals surface area contributed by atoms with Crippen molar-refractivity contribution >= 4 is 5.91 Å². The zero-order valence-electron chi connectivity index (χ0n) is 11.5. The van der Waals surface area contributed by atoms with Gasteiger partial charge in [0.25, 0.3) is 5.91 Å². The maximum atomic E-state index is 11.8. The monoisotopic (exact) mass is 282 g/mol. The van der Waals surface area contributed by atoms with Crippen LogP contribution in [0.3, 0.4) is 0 Å². The van der Waals surface area contributed by atoms with E-state index in [1.165, 1.54) is 12.5 Å². The normalized spacial score (nSPS) is 10.5. The zero-order chi connectivity index (χ0) is 14.7. The number of carbonyl (C=O) groups is 1. The summed E-state index contributed by atoms with van der Waals surface area (Å²) in [5.41, 5.74) is 3.23. The highest BCUT2D eigenvalue weighted by Crippen LogP contribution is 2.15. The van der Waals surface area contributed by atoms with E-state index in [-0.39, 0.29) is 5.91 Å². The Balaban J connectivity index is 1.65. The SMILES string of the molecule is Cn1nccc1-c1ccc(CNC(=O)c2ccoc2)cn1. The van der Waals surface area contributed by atoms with Gasteiger partial charge in [-0.2, -0.15) is 5.10 Å². The number of aromatic nitrogens is 3. The van der Waals surface area contributed by atoms with Gasteiger partial charge in [0.15, 0.2) is 0 Å². The van der Waals surface area contributed by atoms with Crippen molar-refractivity contribution in [2.45, 2.75) is 6.54 Å². The third kappa shape index (κ3) is 2.84. The standard InChI is InChI=1S/C15H14N4O2/c1-19-14(4-6-18-19)13-3-2-11(8-16-13)9-17-15(20)12-5-7-21-10-12/h2-8,10H,9H2,1H3,(H,17,20).